The van der Waals surface area contributed by atoms with Gasteiger partial charge >= 0.3 is 6.03 Å². The Kier molecular flexibility index (Phi) is 5.59. The fourth-order valence-electron chi connectivity index (χ4n) is 2.46. The summed E-state index contributed by atoms with van der Waals surface area (Å²) in [4.78, 5) is 14.3. The van der Waals surface area contributed by atoms with Gasteiger partial charge in [-0.25, -0.2) is 4.79 Å². The Morgan fingerprint density at radius 3 is 3.10 bits per heavy atom. The van der Waals surface area contributed by atoms with Gasteiger partial charge in [0.2, 0.25) is 0 Å². The number of morpholine rings is 1. The van der Waals surface area contributed by atoms with E-state index in [0.29, 0.717) is 19.8 Å². The summed E-state index contributed by atoms with van der Waals surface area (Å²) < 4.78 is 10.7. The zero-order chi connectivity index (χ0) is 15.2. The van der Waals surface area contributed by atoms with Crippen LogP contribution < -0.4 is 5.32 Å². The molecule has 1 aromatic carbocycles. The van der Waals surface area contributed by atoms with Gasteiger partial charge < -0.3 is 19.7 Å². The predicted molar refractivity (Wildman–Crippen MR) is 82.5 cm³/mol. The molecule has 2 amide bonds. The molecule has 2 rings (SSSR count). The SMILES string of the molecule is CC[C@@H]1COCCN1C(=O)Nc1cccc([C@H](C)OC)c1. The molecule has 1 aliphatic rings. The summed E-state index contributed by atoms with van der Waals surface area (Å²) in [5, 5.41) is 2.97. The molecular weight excluding hydrogens is 268 g/mol. The number of carbonyl (C=O) groups is 1. The molecule has 0 bridgehead atoms. The molecule has 1 saturated heterocycles. The van der Waals surface area contributed by atoms with Gasteiger partial charge in [-0.3, -0.25) is 0 Å². The van der Waals surface area contributed by atoms with Crippen molar-refractivity contribution in [1.82, 2.24) is 4.90 Å². The average Bonchev–Trinajstić information content (AvgIpc) is 2.54. The maximum Gasteiger partial charge on any atom is 0.322 e. The van der Waals surface area contributed by atoms with Crippen molar-refractivity contribution < 1.29 is 14.3 Å². The molecule has 0 saturated carbocycles. The quantitative estimate of drug-likeness (QED) is 0.928. The van der Waals surface area contributed by atoms with E-state index in [9.17, 15) is 4.79 Å². The number of carbonyl (C=O) groups excluding carboxylic acids is 1. The first-order chi connectivity index (χ1) is 10.2. The maximum atomic E-state index is 12.4. The minimum atomic E-state index is -0.0626. The van der Waals surface area contributed by atoms with Gasteiger partial charge in [-0.15, -0.1) is 0 Å². The molecule has 2 atom stereocenters. The Hall–Kier alpha value is -1.59. The van der Waals surface area contributed by atoms with Crippen molar-refractivity contribution in [3.63, 3.8) is 0 Å². The first-order valence-corrected chi connectivity index (χ1v) is 7.43. The largest absolute Gasteiger partial charge is 0.377 e. The van der Waals surface area contributed by atoms with Crippen molar-refractivity contribution in [3.05, 3.63) is 29.8 Å². The minimum Gasteiger partial charge on any atom is -0.377 e. The standard InChI is InChI=1S/C16H24N2O3/c1-4-15-11-21-9-8-18(15)16(19)17-14-7-5-6-13(10-14)12(2)20-3/h5-7,10,12,15H,4,8-9,11H2,1-3H3,(H,17,19)/t12-,15+/m0/s1. The summed E-state index contributed by atoms with van der Waals surface area (Å²) >= 11 is 0. The van der Waals surface area contributed by atoms with Crippen LogP contribution in [0.3, 0.4) is 0 Å². The number of methoxy groups -OCH3 is 1. The second-order valence-corrected chi connectivity index (χ2v) is 5.26. The lowest BCUT2D eigenvalue weighted by Gasteiger charge is -2.35. The molecule has 1 N–H and O–H groups in total. The van der Waals surface area contributed by atoms with E-state index in [1.807, 2.05) is 36.1 Å². The molecule has 116 valence electrons. The molecule has 1 aliphatic heterocycles. The third kappa shape index (κ3) is 3.95. The van der Waals surface area contributed by atoms with E-state index in [2.05, 4.69) is 12.2 Å². The van der Waals surface area contributed by atoms with Gasteiger partial charge in [0.25, 0.3) is 0 Å². The molecule has 5 heteroatoms. The van der Waals surface area contributed by atoms with Crippen molar-refractivity contribution in [2.75, 3.05) is 32.2 Å². The van der Waals surface area contributed by atoms with Crippen LogP contribution in [-0.4, -0.2) is 43.8 Å². The van der Waals surface area contributed by atoms with E-state index < -0.39 is 0 Å². The number of rotatable bonds is 4. The molecule has 1 aromatic rings. The monoisotopic (exact) mass is 292 g/mol. The Morgan fingerprint density at radius 2 is 2.38 bits per heavy atom. The first kappa shape index (κ1) is 15.8. The second kappa shape index (κ2) is 7.43. The predicted octanol–water partition coefficient (Wildman–Crippen LogP) is 3.04. The number of nitrogens with one attached hydrogen (secondary N) is 1. The highest BCUT2D eigenvalue weighted by atomic mass is 16.5. The highest BCUT2D eigenvalue weighted by Gasteiger charge is 2.25. The summed E-state index contributed by atoms with van der Waals surface area (Å²) in [6.45, 7) is 5.91. The van der Waals surface area contributed by atoms with E-state index >= 15 is 0 Å². The van der Waals surface area contributed by atoms with E-state index in [1.54, 1.807) is 7.11 Å². The topological polar surface area (TPSA) is 50.8 Å². The molecule has 1 heterocycles. The highest BCUT2D eigenvalue weighted by Crippen LogP contribution is 2.20. The van der Waals surface area contributed by atoms with Gasteiger partial charge in [-0.2, -0.15) is 0 Å². The molecule has 5 nitrogen and oxygen atoms in total. The molecular formula is C16H24N2O3. The van der Waals surface area contributed by atoms with Crippen molar-refractivity contribution in [2.45, 2.75) is 32.4 Å². The summed E-state index contributed by atoms with van der Waals surface area (Å²) in [6, 6.07) is 7.86. The third-order valence-corrected chi connectivity index (χ3v) is 3.92. The van der Waals surface area contributed by atoms with E-state index in [1.165, 1.54) is 0 Å². The van der Waals surface area contributed by atoms with E-state index in [0.717, 1.165) is 17.7 Å². The van der Waals surface area contributed by atoms with E-state index in [4.69, 9.17) is 9.47 Å². The van der Waals surface area contributed by atoms with Gasteiger partial charge in [0.05, 0.1) is 25.4 Å². The van der Waals surface area contributed by atoms with Crippen LogP contribution in [0.5, 0.6) is 0 Å². The van der Waals surface area contributed by atoms with Crippen LogP contribution in [0, 0.1) is 0 Å². The van der Waals surface area contributed by atoms with Crippen LogP contribution in [0.2, 0.25) is 0 Å². The zero-order valence-electron chi connectivity index (χ0n) is 13.0. The van der Waals surface area contributed by atoms with Crippen molar-refractivity contribution in [1.29, 1.82) is 0 Å². The van der Waals surface area contributed by atoms with Crippen LogP contribution in [0.1, 0.15) is 31.9 Å². The summed E-state index contributed by atoms with van der Waals surface area (Å²) in [5.41, 5.74) is 1.84. The molecule has 0 radical (unpaired) electrons. The lowest BCUT2D eigenvalue weighted by atomic mass is 10.1. The van der Waals surface area contributed by atoms with Crippen LogP contribution in [-0.2, 0) is 9.47 Å². The number of amides is 2. The molecule has 0 unspecified atom stereocenters. The van der Waals surface area contributed by atoms with Crippen LogP contribution in [0.15, 0.2) is 24.3 Å². The van der Waals surface area contributed by atoms with Crippen molar-refractivity contribution in [2.24, 2.45) is 0 Å². The Morgan fingerprint density at radius 1 is 1.57 bits per heavy atom. The lowest BCUT2D eigenvalue weighted by Crippen LogP contribution is -2.50. The normalized spacial score (nSPS) is 20.1. The highest BCUT2D eigenvalue weighted by molar-refractivity contribution is 5.89. The van der Waals surface area contributed by atoms with Crippen molar-refractivity contribution in [3.8, 4) is 0 Å². The third-order valence-electron chi connectivity index (χ3n) is 3.92. The number of benzene rings is 1. The molecule has 21 heavy (non-hydrogen) atoms. The number of anilines is 1. The van der Waals surface area contributed by atoms with Gasteiger partial charge in [-0.05, 0) is 31.0 Å². The van der Waals surface area contributed by atoms with Gasteiger partial charge in [-0.1, -0.05) is 19.1 Å². The lowest BCUT2D eigenvalue weighted by molar-refractivity contribution is 0.0144. The Balaban J connectivity index is 2.05. The molecule has 1 fully saturated rings. The smallest absolute Gasteiger partial charge is 0.322 e. The van der Waals surface area contributed by atoms with Crippen LogP contribution >= 0.6 is 0 Å². The number of ether oxygens (including phenoxy) is 2. The fourth-order valence-corrected chi connectivity index (χ4v) is 2.46. The van der Waals surface area contributed by atoms with Crippen LogP contribution in [0.25, 0.3) is 0 Å². The van der Waals surface area contributed by atoms with Crippen molar-refractivity contribution >= 4 is 11.7 Å². The minimum absolute atomic E-state index is 0.00799. The van der Waals surface area contributed by atoms with Gasteiger partial charge in [0.1, 0.15) is 0 Å². The second-order valence-electron chi connectivity index (χ2n) is 5.26. The number of nitrogens with zero attached hydrogens (tertiary/aromatic N) is 1. The summed E-state index contributed by atoms with van der Waals surface area (Å²) in [5.74, 6) is 0. The van der Waals surface area contributed by atoms with E-state index in [-0.39, 0.29) is 18.2 Å². The van der Waals surface area contributed by atoms with Gasteiger partial charge in [0.15, 0.2) is 0 Å². The Bertz CT molecular complexity index is 478. The maximum absolute atomic E-state index is 12.4. The number of hydrogen-bond donors (Lipinski definition) is 1. The zero-order valence-corrected chi connectivity index (χ0v) is 13.0. The number of urea groups is 1. The number of hydrogen-bond acceptors (Lipinski definition) is 3. The van der Waals surface area contributed by atoms with Crippen LogP contribution in [0.4, 0.5) is 10.5 Å². The van der Waals surface area contributed by atoms with Gasteiger partial charge in [0, 0.05) is 19.3 Å². The molecule has 0 aromatic heterocycles. The fraction of sp³-hybridized carbons (Fsp3) is 0.562. The molecule has 0 spiro atoms. The first-order valence-electron chi connectivity index (χ1n) is 7.43. The average molecular weight is 292 g/mol. The summed E-state index contributed by atoms with van der Waals surface area (Å²) in [6.07, 6.45) is 0.905. The molecule has 0 aliphatic carbocycles. The Labute approximate surface area is 126 Å². The summed E-state index contributed by atoms with van der Waals surface area (Å²) in [7, 11) is 1.68.